The first-order valence-corrected chi connectivity index (χ1v) is 7.29. The van der Waals surface area contributed by atoms with Crippen molar-refractivity contribution in [1.29, 1.82) is 0 Å². The zero-order valence-corrected chi connectivity index (χ0v) is 15.7. The first-order valence-electron chi connectivity index (χ1n) is 7.29. The van der Waals surface area contributed by atoms with Gasteiger partial charge in [0, 0.05) is 38.8 Å². The number of likely N-dealkylation sites (N-methyl/N-ethyl adjacent to an activating group) is 2. The van der Waals surface area contributed by atoms with Crippen molar-refractivity contribution in [3.63, 3.8) is 0 Å². The minimum absolute atomic E-state index is 0. The first-order chi connectivity index (χ1) is 9.81. The summed E-state index contributed by atoms with van der Waals surface area (Å²) in [5.41, 5.74) is 0. The third kappa shape index (κ3) is 8.99. The van der Waals surface area contributed by atoms with Gasteiger partial charge in [-0.15, -0.1) is 24.0 Å². The quantitative estimate of drug-likeness (QED) is 0.388. The lowest BCUT2D eigenvalue weighted by molar-refractivity contribution is -0.132. The molecule has 132 valence electrons. The van der Waals surface area contributed by atoms with Gasteiger partial charge in [0.25, 0.3) is 0 Å². The summed E-state index contributed by atoms with van der Waals surface area (Å²) in [6.07, 6.45) is -5.00. The van der Waals surface area contributed by atoms with Crippen LogP contribution >= 0.6 is 24.0 Å². The van der Waals surface area contributed by atoms with Crippen LogP contribution < -0.4 is 10.6 Å². The van der Waals surface area contributed by atoms with Gasteiger partial charge >= 0.3 is 6.18 Å². The maximum atomic E-state index is 12.2. The highest BCUT2D eigenvalue weighted by Crippen LogP contribution is 2.18. The second-order valence-electron chi connectivity index (χ2n) is 5.41. The molecule has 1 unspecified atom stereocenters. The van der Waals surface area contributed by atoms with Gasteiger partial charge in [0.2, 0.25) is 0 Å². The van der Waals surface area contributed by atoms with Crippen molar-refractivity contribution in [2.24, 2.45) is 4.99 Å². The van der Waals surface area contributed by atoms with Crippen LogP contribution in [0.15, 0.2) is 4.99 Å². The smallest absolute Gasteiger partial charge is 0.357 e. The van der Waals surface area contributed by atoms with Crippen LogP contribution in [0, 0.1) is 0 Å². The molecule has 2 N–H and O–H groups in total. The molecule has 1 aliphatic heterocycles. The van der Waals surface area contributed by atoms with Gasteiger partial charge in [-0.05, 0) is 21.0 Å². The predicted molar refractivity (Wildman–Crippen MR) is 94.0 cm³/mol. The van der Waals surface area contributed by atoms with Crippen LogP contribution in [-0.2, 0) is 0 Å². The zero-order chi connectivity index (χ0) is 15.9. The summed E-state index contributed by atoms with van der Waals surface area (Å²) in [7, 11) is 4.12. The number of hydrogen-bond donors (Lipinski definition) is 2. The monoisotopic (exact) mass is 437 g/mol. The highest BCUT2D eigenvalue weighted by Gasteiger charge is 2.26. The molecule has 0 aliphatic carbocycles. The van der Waals surface area contributed by atoms with Crippen molar-refractivity contribution in [2.45, 2.75) is 25.6 Å². The van der Waals surface area contributed by atoms with E-state index in [-0.39, 0.29) is 30.5 Å². The van der Waals surface area contributed by atoms with Gasteiger partial charge in [-0.3, -0.25) is 9.89 Å². The number of halogens is 4. The van der Waals surface area contributed by atoms with E-state index in [1.54, 1.807) is 0 Å². The summed E-state index contributed by atoms with van der Waals surface area (Å²) in [6.45, 7) is 5.86. The average Bonchev–Trinajstić information content (AvgIpc) is 2.38. The summed E-state index contributed by atoms with van der Waals surface area (Å²) in [5.74, 6) is 0.448. The maximum Gasteiger partial charge on any atom is 0.390 e. The molecule has 0 amide bonds. The van der Waals surface area contributed by atoms with Gasteiger partial charge in [0.05, 0.1) is 13.0 Å². The topological polar surface area (TPSA) is 42.9 Å². The summed E-state index contributed by atoms with van der Waals surface area (Å²) in [4.78, 5) is 8.88. The highest BCUT2D eigenvalue weighted by molar-refractivity contribution is 14.0. The first kappa shape index (κ1) is 21.7. The molecule has 0 spiro atoms. The van der Waals surface area contributed by atoms with E-state index in [4.69, 9.17) is 0 Å². The van der Waals surface area contributed by atoms with Crippen molar-refractivity contribution >= 4 is 29.9 Å². The van der Waals surface area contributed by atoms with Crippen LogP contribution in [0.25, 0.3) is 0 Å². The lowest BCUT2D eigenvalue weighted by atomic mass is 10.2. The average molecular weight is 437 g/mol. The molecular weight excluding hydrogens is 410 g/mol. The highest BCUT2D eigenvalue weighted by atomic mass is 127. The van der Waals surface area contributed by atoms with E-state index in [0.29, 0.717) is 25.1 Å². The van der Waals surface area contributed by atoms with E-state index >= 15 is 0 Å². The van der Waals surface area contributed by atoms with Gasteiger partial charge in [-0.1, -0.05) is 0 Å². The Morgan fingerprint density at radius 3 is 2.50 bits per heavy atom. The molecule has 1 atom stereocenters. The molecule has 0 saturated carbocycles. The lowest BCUT2D eigenvalue weighted by Crippen LogP contribution is -2.51. The van der Waals surface area contributed by atoms with Gasteiger partial charge in [-0.25, -0.2) is 0 Å². The number of guanidine groups is 1. The fourth-order valence-electron chi connectivity index (χ4n) is 2.16. The number of hydrogen-bond acceptors (Lipinski definition) is 3. The minimum atomic E-state index is -4.14. The summed E-state index contributed by atoms with van der Waals surface area (Å²) < 4.78 is 36.5. The van der Waals surface area contributed by atoms with Crippen molar-refractivity contribution in [3.8, 4) is 0 Å². The Kier molecular flexibility index (Phi) is 10.3. The second kappa shape index (κ2) is 10.5. The van der Waals surface area contributed by atoms with E-state index in [0.717, 1.165) is 19.6 Å². The third-order valence-corrected chi connectivity index (χ3v) is 3.49. The summed E-state index contributed by atoms with van der Waals surface area (Å²) in [5, 5.41) is 5.70. The summed E-state index contributed by atoms with van der Waals surface area (Å²) >= 11 is 0. The lowest BCUT2D eigenvalue weighted by Gasteiger charge is -2.36. The molecule has 0 aromatic heterocycles. The minimum Gasteiger partial charge on any atom is -0.357 e. The fraction of sp³-hybridized carbons (Fsp3) is 0.923. The van der Waals surface area contributed by atoms with Crippen LogP contribution in [-0.4, -0.2) is 81.3 Å². The number of nitrogens with one attached hydrogen (secondary N) is 2. The van der Waals surface area contributed by atoms with Crippen LogP contribution in [0.3, 0.4) is 0 Å². The van der Waals surface area contributed by atoms with Crippen LogP contribution in [0.4, 0.5) is 13.2 Å². The molecule has 1 rings (SSSR count). The van der Waals surface area contributed by atoms with Crippen LogP contribution in [0.5, 0.6) is 0 Å². The Labute approximate surface area is 147 Å². The molecule has 1 aliphatic rings. The van der Waals surface area contributed by atoms with Gasteiger partial charge in [0.1, 0.15) is 0 Å². The number of alkyl halides is 3. The molecule has 1 fully saturated rings. The molecule has 1 heterocycles. The number of piperazine rings is 1. The molecule has 0 radical (unpaired) electrons. The van der Waals surface area contributed by atoms with E-state index in [1.165, 1.54) is 0 Å². The molecule has 1 saturated heterocycles. The predicted octanol–water partition coefficient (Wildman–Crippen LogP) is 1.36. The molecule has 0 aromatic rings. The molecule has 9 heteroatoms. The van der Waals surface area contributed by atoms with Gasteiger partial charge in [0.15, 0.2) is 5.96 Å². The van der Waals surface area contributed by atoms with Gasteiger partial charge in [-0.2, -0.15) is 13.2 Å². The summed E-state index contributed by atoms with van der Waals surface area (Å²) in [6, 6.07) is 0.293. The molecular formula is C13H27F3IN5. The Hall–Kier alpha value is -0.290. The second-order valence-corrected chi connectivity index (χ2v) is 5.41. The third-order valence-electron chi connectivity index (χ3n) is 3.49. The molecule has 5 nitrogen and oxygen atoms in total. The number of rotatable bonds is 5. The van der Waals surface area contributed by atoms with Gasteiger partial charge < -0.3 is 15.5 Å². The Bertz CT molecular complexity index is 338. The maximum absolute atomic E-state index is 12.2. The Morgan fingerprint density at radius 2 is 1.91 bits per heavy atom. The van der Waals surface area contributed by atoms with E-state index < -0.39 is 12.6 Å². The standard InChI is InChI=1S/C13H26F3N5.HI/c1-4-17-12(18-6-5-13(14,15)16)19-9-11-10-20(2)7-8-21(11)3;/h11H,4-10H2,1-3H3,(H2,17,18,19);1H. The fourth-order valence-corrected chi connectivity index (χ4v) is 2.16. The molecule has 22 heavy (non-hydrogen) atoms. The number of nitrogens with zero attached hydrogens (tertiary/aromatic N) is 3. The largest absolute Gasteiger partial charge is 0.390 e. The SMILES string of the molecule is CCNC(=NCC1CN(C)CCN1C)NCCC(F)(F)F.I. The Balaban J connectivity index is 0.00000441. The van der Waals surface area contributed by atoms with Crippen molar-refractivity contribution in [3.05, 3.63) is 0 Å². The van der Waals surface area contributed by atoms with E-state index in [1.807, 2.05) is 6.92 Å². The van der Waals surface area contributed by atoms with Crippen molar-refractivity contribution in [1.82, 2.24) is 20.4 Å². The normalized spacial score (nSPS) is 21.4. The van der Waals surface area contributed by atoms with E-state index in [9.17, 15) is 13.2 Å². The van der Waals surface area contributed by atoms with E-state index in [2.05, 4.69) is 39.5 Å². The number of aliphatic imine (C=N–C) groups is 1. The molecule has 0 aromatic carbocycles. The molecule has 0 bridgehead atoms. The van der Waals surface area contributed by atoms with Crippen LogP contribution in [0.1, 0.15) is 13.3 Å². The van der Waals surface area contributed by atoms with Crippen LogP contribution in [0.2, 0.25) is 0 Å². The Morgan fingerprint density at radius 1 is 1.23 bits per heavy atom. The van der Waals surface area contributed by atoms with Crippen molar-refractivity contribution in [2.75, 3.05) is 53.4 Å². The van der Waals surface area contributed by atoms with Crippen molar-refractivity contribution < 1.29 is 13.2 Å². The zero-order valence-electron chi connectivity index (χ0n) is 13.4.